The summed E-state index contributed by atoms with van der Waals surface area (Å²) in [6.45, 7) is 6.32. The van der Waals surface area contributed by atoms with Crippen molar-refractivity contribution < 1.29 is 27.5 Å². The first-order chi connectivity index (χ1) is 17.8. The SMILES string of the molecule is CC(=O)OC(C)(C)CN(c1ccc2c(C(=O)N3CCOCC3)cn(C)c2c1)S(=O)(=O)c1cc(Cl)cc(Cl)c1. The van der Waals surface area contributed by atoms with Crippen LogP contribution in [0.1, 0.15) is 31.1 Å². The molecule has 0 atom stereocenters. The van der Waals surface area contributed by atoms with Gasteiger partial charge < -0.3 is 18.9 Å². The number of nitrogens with zero attached hydrogens (tertiary/aromatic N) is 3. The van der Waals surface area contributed by atoms with Gasteiger partial charge in [0.2, 0.25) is 0 Å². The van der Waals surface area contributed by atoms with Crippen molar-refractivity contribution in [1.82, 2.24) is 9.47 Å². The fraction of sp³-hybridized carbons (Fsp3) is 0.385. The van der Waals surface area contributed by atoms with E-state index in [0.717, 1.165) is 4.31 Å². The molecule has 1 saturated heterocycles. The minimum atomic E-state index is -4.20. The van der Waals surface area contributed by atoms with Crippen LogP contribution in [0.4, 0.5) is 5.69 Å². The van der Waals surface area contributed by atoms with Crippen molar-refractivity contribution in [2.75, 3.05) is 37.2 Å². The average molecular weight is 583 g/mol. The Labute approximate surface area is 231 Å². The molecular formula is C26H29Cl2N3O6S. The van der Waals surface area contributed by atoms with Crippen LogP contribution in [-0.4, -0.2) is 68.2 Å². The molecule has 204 valence electrons. The predicted octanol–water partition coefficient (Wildman–Crippen LogP) is 4.49. The zero-order valence-electron chi connectivity index (χ0n) is 21.5. The van der Waals surface area contributed by atoms with E-state index < -0.39 is 21.6 Å². The van der Waals surface area contributed by atoms with Crippen molar-refractivity contribution in [3.8, 4) is 0 Å². The first-order valence-corrected chi connectivity index (χ1v) is 14.1. The van der Waals surface area contributed by atoms with E-state index in [1.807, 2.05) is 0 Å². The molecule has 0 aliphatic carbocycles. The number of anilines is 1. The lowest BCUT2D eigenvalue weighted by Crippen LogP contribution is -2.44. The third-order valence-electron chi connectivity index (χ3n) is 6.16. The molecule has 0 bridgehead atoms. The van der Waals surface area contributed by atoms with Gasteiger partial charge in [-0.05, 0) is 50.2 Å². The lowest BCUT2D eigenvalue weighted by molar-refractivity contribution is -0.152. The van der Waals surface area contributed by atoms with Crippen molar-refractivity contribution in [2.45, 2.75) is 31.3 Å². The van der Waals surface area contributed by atoms with Crippen molar-refractivity contribution in [1.29, 1.82) is 0 Å². The van der Waals surface area contributed by atoms with Crippen LogP contribution in [0.15, 0.2) is 47.5 Å². The van der Waals surface area contributed by atoms with Gasteiger partial charge in [0.15, 0.2) is 0 Å². The molecule has 1 aliphatic rings. The average Bonchev–Trinajstić information content (AvgIpc) is 3.17. The summed E-state index contributed by atoms with van der Waals surface area (Å²) in [5.74, 6) is -0.650. The van der Waals surface area contributed by atoms with E-state index in [0.29, 0.717) is 48.5 Å². The fourth-order valence-electron chi connectivity index (χ4n) is 4.52. The van der Waals surface area contributed by atoms with Crippen LogP contribution in [0.2, 0.25) is 10.0 Å². The zero-order valence-corrected chi connectivity index (χ0v) is 23.9. The van der Waals surface area contributed by atoms with Gasteiger partial charge in [0, 0.05) is 48.7 Å². The molecule has 0 spiro atoms. The number of rotatable bonds is 7. The topological polar surface area (TPSA) is 98.1 Å². The van der Waals surface area contributed by atoms with Gasteiger partial charge in [-0.3, -0.25) is 13.9 Å². The minimum Gasteiger partial charge on any atom is -0.458 e. The molecule has 0 N–H and O–H groups in total. The summed E-state index contributed by atoms with van der Waals surface area (Å²) < 4.78 is 41.6. The number of carbonyl (C=O) groups excluding carboxylic acids is 2. The number of hydrogen-bond acceptors (Lipinski definition) is 6. The van der Waals surface area contributed by atoms with Gasteiger partial charge in [0.1, 0.15) is 5.60 Å². The lowest BCUT2D eigenvalue weighted by atomic mass is 10.1. The summed E-state index contributed by atoms with van der Waals surface area (Å²) in [4.78, 5) is 26.6. The Bertz CT molecular complexity index is 1480. The molecule has 0 saturated carbocycles. The van der Waals surface area contributed by atoms with Gasteiger partial charge in [-0.15, -0.1) is 0 Å². The molecule has 2 aromatic carbocycles. The quantitative estimate of drug-likeness (QED) is 0.381. The second kappa shape index (κ2) is 10.8. The van der Waals surface area contributed by atoms with Gasteiger partial charge in [-0.2, -0.15) is 0 Å². The second-order valence-corrected chi connectivity index (χ2v) is 12.5. The summed E-state index contributed by atoms with van der Waals surface area (Å²) in [6.07, 6.45) is 1.74. The highest BCUT2D eigenvalue weighted by Gasteiger charge is 2.34. The molecule has 12 heteroatoms. The first-order valence-electron chi connectivity index (χ1n) is 11.9. The number of fused-ring (bicyclic) bond motifs is 1. The van der Waals surface area contributed by atoms with Crippen LogP contribution in [0.3, 0.4) is 0 Å². The highest BCUT2D eigenvalue weighted by molar-refractivity contribution is 7.92. The maximum absolute atomic E-state index is 13.9. The summed E-state index contributed by atoms with van der Waals surface area (Å²) in [6, 6.07) is 9.12. The number of morpholine rings is 1. The Morgan fingerprint density at radius 1 is 1.08 bits per heavy atom. The molecule has 1 amide bonds. The van der Waals surface area contributed by atoms with Crippen LogP contribution in [0.25, 0.3) is 10.9 Å². The van der Waals surface area contributed by atoms with Crippen LogP contribution in [0.5, 0.6) is 0 Å². The highest BCUT2D eigenvalue weighted by Crippen LogP contribution is 2.33. The second-order valence-electron chi connectivity index (χ2n) is 9.73. The van der Waals surface area contributed by atoms with E-state index in [1.54, 1.807) is 54.8 Å². The number of aromatic nitrogens is 1. The van der Waals surface area contributed by atoms with Gasteiger partial charge in [0.05, 0.1) is 41.4 Å². The van der Waals surface area contributed by atoms with Crippen LogP contribution >= 0.6 is 23.2 Å². The third kappa shape index (κ3) is 5.93. The molecule has 9 nitrogen and oxygen atoms in total. The number of ether oxygens (including phenoxy) is 2. The maximum Gasteiger partial charge on any atom is 0.303 e. The molecule has 1 aliphatic heterocycles. The van der Waals surface area contributed by atoms with Gasteiger partial charge in [-0.1, -0.05) is 23.2 Å². The Hall–Kier alpha value is -2.79. The van der Waals surface area contributed by atoms with Crippen molar-refractivity contribution >= 4 is 61.7 Å². The predicted molar refractivity (Wildman–Crippen MR) is 146 cm³/mol. The first kappa shape index (κ1) is 28.2. The molecule has 1 fully saturated rings. The number of halogens is 2. The van der Waals surface area contributed by atoms with Gasteiger partial charge in [-0.25, -0.2) is 8.42 Å². The third-order valence-corrected chi connectivity index (χ3v) is 8.35. The summed E-state index contributed by atoms with van der Waals surface area (Å²) in [7, 11) is -2.41. The van der Waals surface area contributed by atoms with Crippen LogP contribution in [-0.2, 0) is 31.3 Å². The number of hydrogen-bond donors (Lipinski definition) is 0. The Morgan fingerprint density at radius 3 is 2.32 bits per heavy atom. The fourth-order valence-corrected chi connectivity index (χ4v) is 6.86. The molecule has 0 radical (unpaired) electrons. The van der Waals surface area contributed by atoms with Crippen molar-refractivity contribution in [2.24, 2.45) is 7.05 Å². The van der Waals surface area contributed by atoms with E-state index in [1.165, 1.54) is 25.1 Å². The van der Waals surface area contributed by atoms with E-state index in [4.69, 9.17) is 32.7 Å². The molecule has 3 aromatic rings. The van der Waals surface area contributed by atoms with E-state index in [2.05, 4.69) is 0 Å². The molecule has 0 unspecified atom stereocenters. The summed E-state index contributed by atoms with van der Waals surface area (Å²) in [5.41, 5.74) is 0.336. The van der Waals surface area contributed by atoms with Gasteiger partial charge >= 0.3 is 5.97 Å². The number of aryl methyl sites for hydroxylation is 1. The molecule has 2 heterocycles. The van der Waals surface area contributed by atoms with E-state index >= 15 is 0 Å². The molecular weight excluding hydrogens is 553 g/mol. The molecule has 1 aromatic heterocycles. The molecule has 38 heavy (non-hydrogen) atoms. The Balaban J connectivity index is 1.81. The standard InChI is InChI=1S/C26H29Cl2N3O6S/c1-17(32)37-26(2,3)16-31(38(34,35)21-12-18(27)11-19(28)13-21)20-5-6-22-23(15-29(4)24(22)14-20)25(33)30-7-9-36-10-8-30/h5-6,11-15H,7-10,16H2,1-4H3. The summed E-state index contributed by atoms with van der Waals surface area (Å²) in [5, 5.41) is 1.02. The van der Waals surface area contributed by atoms with E-state index in [-0.39, 0.29) is 27.4 Å². The highest BCUT2D eigenvalue weighted by atomic mass is 35.5. The van der Waals surface area contributed by atoms with Crippen molar-refractivity contribution in [3.05, 3.63) is 58.2 Å². The van der Waals surface area contributed by atoms with Gasteiger partial charge in [0.25, 0.3) is 15.9 Å². The number of carbonyl (C=O) groups is 2. The lowest BCUT2D eigenvalue weighted by Gasteiger charge is -2.33. The van der Waals surface area contributed by atoms with Crippen molar-refractivity contribution in [3.63, 3.8) is 0 Å². The van der Waals surface area contributed by atoms with E-state index in [9.17, 15) is 18.0 Å². The Kier molecular flexibility index (Phi) is 7.99. The number of sulfonamides is 1. The van der Waals surface area contributed by atoms with Crippen LogP contribution in [0, 0.1) is 0 Å². The zero-order chi connectivity index (χ0) is 27.8. The largest absolute Gasteiger partial charge is 0.458 e. The smallest absolute Gasteiger partial charge is 0.303 e. The number of esters is 1. The number of amides is 1. The normalized spacial score (nSPS) is 14.5. The Morgan fingerprint density at radius 2 is 1.71 bits per heavy atom. The molecule has 4 rings (SSSR count). The number of benzene rings is 2. The maximum atomic E-state index is 13.9. The van der Waals surface area contributed by atoms with Crippen LogP contribution < -0.4 is 4.31 Å². The monoisotopic (exact) mass is 581 g/mol. The summed E-state index contributed by atoms with van der Waals surface area (Å²) >= 11 is 12.2. The minimum absolute atomic E-state index is 0.108.